The zero-order valence-corrected chi connectivity index (χ0v) is 17.9. The number of alkyl halides is 3. The van der Waals surface area contributed by atoms with Crippen LogP contribution in [0.3, 0.4) is 0 Å². The number of aromatic amines is 1. The molecule has 1 aliphatic rings. The standard InChI is InChI=1S/C25H25F3N2O3/c26-25(27,28)21-11-3-17(4-12-21)15-33-23-14-22(29-30-23)20-9-7-19(8-10-20)18-5-1-16(2-6-18)13-24(31)32/h3-4,7-12,14,16,18H,1-2,5-6,13,15H2,(H,29,30)(H,31,32). The molecule has 0 radical (unpaired) electrons. The molecule has 1 fully saturated rings. The summed E-state index contributed by atoms with van der Waals surface area (Å²) < 4.78 is 43.6. The molecule has 0 spiro atoms. The lowest BCUT2D eigenvalue weighted by Crippen LogP contribution is -2.16. The lowest BCUT2D eigenvalue weighted by Gasteiger charge is -2.28. The Morgan fingerprint density at radius 3 is 2.30 bits per heavy atom. The lowest BCUT2D eigenvalue weighted by molar-refractivity contribution is -0.139. The van der Waals surface area contributed by atoms with Gasteiger partial charge in [-0.25, -0.2) is 0 Å². The molecular weight excluding hydrogens is 433 g/mol. The summed E-state index contributed by atoms with van der Waals surface area (Å²) in [5, 5.41) is 16.0. The topological polar surface area (TPSA) is 75.2 Å². The Bertz CT molecular complexity index is 1070. The van der Waals surface area contributed by atoms with Crippen LogP contribution in [0.15, 0.2) is 54.6 Å². The van der Waals surface area contributed by atoms with Crippen LogP contribution in [0.4, 0.5) is 13.2 Å². The van der Waals surface area contributed by atoms with E-state index in [-0.39, 0.29) is 18.9 Å². The number of aromatic nitrogens is 2. The number of nitrogens with zero attached hydrogens (tertiary/aromatic N) is 1. The smallest absolute Gasteiger partial charge is 0.416 e. The normalized spacial score (nSPS) is 18.8. The molecule has 0 aliphatic heterocycles. The molecule has 8 heteroatoms. The van der Waals surface area contributed by atoms with Crippen LogP contribution in [0.5, 0.6) is 5.88 Å². The van der Waals surface area contributed by atoms with Crippen molar-refractivity contribution in [2.45, 2.75) is 50.8 Å². The minimum Gasteiger partial charge on any atom is -0.481 e. The number of ether oxygens (including phenoxy) is 1. The average molecular weight is 458 g/mol. The third-order valence-electron chi connectivity index (χ3n) is 6.23. The van der Waals surface area contributed by atoms with Crippen LogP contribution in [0.2, 0.25) is 0 Å². The van der Waals surface area contributed by atoms with Gasteiger partial charge in [-0.2, -0.15) is 13.2 Å². The van der Waals surface area contributed by atoms with Crippen molar-refractivity contribution < 1.29 is 27.8 Å². The Morgan fingerprint density at radius 2 is 1.70 bits per heavy atom. The van der Waals surface area contributed by atoms with Gasteiger partial charge in [-0.15, -0.1) is 5.10 Å². The molecule has 1 heterocycles. The predicted molar refractivity (Wildman–Crippen MR) is 117 cm³/mol. The van der Waals surface area contributed by atoms with Gasteiger partial charge in [0, 0.05) is 12.5 Å². The maximum atomic E-state index is 12.7. The van der Waals surface area contributed by atoms with Gasteiger partial charge < -0.3 is 9.84 Å². The molecule has 0 unspecified atom stereocenters. The van der Waals surface area contributed by atoms with Gasteiger partial charge >= 0.3 is 12.1 Å². The largest absolute Gasteiger partial charge is 0.481 e. The molecule has 1 aliphatic carbocycles. The van der Waals surface area contributed by atoms with Gasteiger partial charge in [0.05, 0.1) is 11.3 Å². The summed E-state index contributed by atoms with van der Waals surface area (Å²) in [6.07, 6.45) is -0.203. The SMILES string of the molecule is O=C(O)CC1CCC(c2ccc(-c3cc(OCc4ccc(C(F)(F)F)cc4)n[nH]3)cc2)CC1. The minimum atomic E-state index is -4.36. The summed E-state index contributed by atoms with van der Waals surface area (Å²) in [5.74, 6) is 0.383. The summed E-state index contributed by atoms with van der Waals surface area (Å²) in [6.45, 7) is 0.117. The highest BCUT2D eigenvalue weighted by molar-refractivity contribution is 5.67. The summed E-state index contributed by atoms with van der Waals surface area (Å²) in [5.41, 5.74) is 2.93. The number of carboxylic acids is 1. The first kappa shape index (κ1) is 22.9. The van der Waals surface area contributed by atoms with Crippen LogP contribution in [0.1, 0.15) is 54.7 Å². The molecule has 33 heavy (non-hydrogen) atoms. The molecule has 1 aromatic heterocycles. The number of carbonyl (C=O) groups is 1. The van der Waals surface area contributed by atoms with Gasteiger partial charge in [-0.1, -0.05) is 36.4 Å². The minimum absolute atomic E-state index is 0.117. The molecule has 174 valence electrons. The summed E-state index contributed by atoms with van der Waals surface area (Å²) in [7, 11) is 0. The molecule has 2 N–H and O–H groups in total. The Balaban J connectivity index is 1.32. The molecule has 4 rings (SSSR count). The van der Waals surface area contributed by atoms with Crippen LogP contribution in [-0.4, -0.2) is 21.3 Å². The number of benzene rings is 2. The first-order valence-corrected chi connectivity index (χ1v) is 10.9. The van der Waals surface area contributed by atoms with E-state index in [0.29, 0.717) is 17.4 Å². The van der Waals surface area contributed by atoms with Crippen molar-refractivity contribution in [3.05, 3.63) is 71.3 Å². The fourth-order valence-corrected chi connectivity index (χ4v) is 4.35. The molecule has 0 amide bonds. The second-order valence-corrected chi connectivity index (χ2v) is 8.54. The first-order chi connectivity index (χ1) is 15.8. The molecule has 0 bridgehead atoms. The second-order valence-electron chi connectivity index (χ2n) is 8.54. The summed E-state index contributed by atoms with van der Waals surface area (Å²) >= 11 is 0. The van der Waals surface area contributed by atoms with Crippen molar-refractivity contribution >= 4 is 5.97 Å². The van der Waals surface area contributed by atoms with Gasteiger partial charge in [-0.05, 0) is 66.3 Å². The van der Waals surface area contributed by atoms with Gasteiger partial charge in [0.1, 0.15) is 6.61 Å². The second kappa shape index (κ2) is 9.68. The van der Waals surface area contributed by atoms with Crippen LogP contribution < -0.4 is 4.74 Å². The number of hydrogen-bond acceptors (Lipinski definition) is 3. The number of carboxylic acid groups (broad SMARTS) is 1. The molecule has 5 nitrogen and oxygen atoms in total. The van der Waals surface area contributed by atoms with Gasteiger partial charge in [-0.3, -0.25) is 9.89 Å². The Morgan fingerprint density at radius 1 is 1.03 bits per heavy atom. The number of aliphatic carboxylic acids is 1. The monoisotopic (exact) mass is 458 g/mol. The predicted octanol–water partition coefficient (Wildman–Crippen LogP) is 6.42. The molecule has 2 aromatic carbocycles. The van der Waals surface area contributed by atoms with Crippen molar-refractivity contribution in [1.29, 1.82) is 0 Å². The molecular formula is C25H25F3N2O3. The molecule has 0 atom stereocenters. The van der Waals surface area contributed by atoms with Crippen molar-refractivity contribution in [3.63, 3.8) is 0 Å². The quantitative estimate of drug-likeness (QED) is 0.428. The van der Waals surface area contributed by atoms with E-state index in [4.69, 9.17) is 9.84 Å². The van der Waals surface area contributed by atoms with Crippen molar-refractivity contribution in [2.75, 3.05) is 0 Å². The van der Waals surface area contributed by atoms with Crippen LogP contribution >= 0.6 is 0 Å². The zero-order valence-electron chi connectivity index (χ0n) is 17.9. The Kier molecular flexibility index (Phi) is 6.72. The van der Waals surface area contributed by atoms with E-state index in [1.165, 1.54) is 17.7 Å². The van der Waals surface area contributed by atoms with Gasteiger partial charge in [0.15, 0.2) is 0 Å². The lowest BCUT2D eigenvalue weighted by atomic mass is 9.77. The summed E-state index contributed by atoms with van der Waals surface area (Å²) in [4.78, 5) is 10.9. The molecule has 1 saturated carbocycles. The highest BCUT2D eigenvalue weighted by Crippen LogP contribution is 2.37. The van der Waals surface area contributed by atoms with Gasteiger partial charge in [0.25, 0.3) is 0 Å². The van der Waals surface area contributed by atoms with E-state index in [2.05, 4.69) is 22.3 Å². The Labute approximate surface area is 189 Å². The van der Waals surface area contributed by atoms with Crippen LogP contribution in [-0.2, 0) is 17.6 Å². The van der Waals surface area contributed by atoms with E-state index < -0.39 is 17.7 Å². The molecule has 3 aromatic rings. The van der Waals surface area contributed by atoms with Crippen molar-refractivity contribution in [1.82, 2.24) is 10.2 Å². The van der Waals surface area contributed by atoms with E-state index in [9.17, 15) is 18.0 Å². The third-order valence-corrected chi connectivity index (χ3v) is 6.23. The van der Waals surface area contributed by atoms with E-state index in [1.54, 1.807) is 6.07 Å². The average Bonchev–Trinajstić information content (AvgIpc) is 3.27. The fraction of sp³-hybridized carbons (Fsp3) is 0.360. The van der Waals surface area contributed by atoms with Crippen LogP contribution in [0, 0.1) is 5.92 Å². The van der Waals surface area contributed by atoms with Gasteiger partial charge in [0.2, 0.25) is 5.88 Å². The van der Waals surface area contributed by atoms with Crippen molar-refractivity contribution in [2.24, 2.45) is 5.92 Å². The number of halogens is 3. The van der Waals surface area contributed by atoms with E-state index in [1.807, 2.05) is 12.1 Å². The first-order valence-electron chi connectivity index (χ1n) is 10.9. The van der Waals surface area contributed by atoms with Crippen molar-refractivity contribution in [3.8, 4) is 17.1 Å². The summed E-state index contributed by atoms with van der Waals surface area (Å²) in [6, 6.07) is 14.9. The number of hydrogen-bond donors (Lipinski definition) is 2. The number of H-pyrrole nitrogens is 1. The third kappa shape index (κ3) is 5.94. The highest BCUT2D eigenvalue weighted by atomic mass is 19.4. The Hall–Kier alpha value is -3.29. The van der Waals surface area contributed by atoms with Crippen LogP contribution in [0.25, 0.3) is 11.3 Å². The number of rotatable bonds is 7. The van der Waals surface area contributed by atoms with E-state index in [0.717, 1.165) is 49.1 Å². The highest BCUT2D eigenvalue weighted by Gasteiger charge is 2.30. The fourth-order valence-electron chi connectivity index (χ4n) is 4.35. The van der Waals surface area contributed by atoms with E-state index >= 15 is 0 Å². The number of nitrogens with one attached hydrogen (secondary N) is 1. The molecule has 0 saturated heterocycles. The maximum Gasteiger partial charge on any atom is 0.416 e. The maximum absolute atomic E-state index is 12.7. The zero-order chi connectivity index (χ0) is 23.4.